The van der Waals surface area contributed by atoms with Crippen LogP contribution in [0.2, 0.25) is 0 Å². The standard InChI is InChI=1S/C17H24BrNO/c1-17(2,8-5-9-18)12-19-16(20)15-10-13-6-3-4-7-14(13)11-15/h3-4,6-7,15H,5,8-12H2,1-2H3,(H,19,20). The van der Waals surface area contributed by atoms with E-state index in [9.17, 15) is 4.79 Å². The number of benzene rings is 1. The van der Waals surface area contributed by atoms with Crippen molar-refractivity contribution in [3.8, 4) is 0 Å². The molecule has 0 fully saturated rings. The number of amides is 1. The van der Waals surface area contributed by atoms with Gasteiger partial charge in [0.1, 0.15) is 0 Å². The summed E-state index contributed by atoms with van der Waals surface area (Å²) in [6.07, 6.45) is 4.06. The Bertz CT molecular complexity index is 445. The van der Waals surface area contributed by atoms with E-state index in [1.54, 1.807) is 0 Å². The number of carbonyl (C=O) groups is 1. The third-order valence-electron chi connectivity index (χ3n) is 4.15. The fraction of sp³-hybridized carbons (Fsp3) is 0.588. The molecule has 0 aliphatic heterocycles. The average molecular weight is 338 g/mol. The lowest BCUT2D eigenvalue weighted by atomic mass is 9.88. The molecule has 1 aromatic rings. The number of rotatable bonds is 6. The molecule has 1 aromatic carbocycles. The first-order valence-corrected chi connectivity index (χ1v) is 8.54. The lowest BCUT2D eigenvalue weighted by molar-refractivity contribution is -0.125. The van der Waals surface area contributed by atoms with Crippen molar-refractivity contribution >= 4 is 21.8 Å². The molecule has 3 heteroatoms. The molecule has 0 saturated carbocycles. The van der Waals surface area contributed by atoms with Gasteiger partial charge >= 0.3 is 0 Å². The molecule has 2 nitrogen and oxygen atoms in total. The third kappa shape index (κ3) is 4.08. The zero-order chi connectivity index (χ0) is 14.6. The summed E-state index contributed by atoms with van der Waals surface area (Å²) in [5.41, 5.74) is 2.85. The molecular weight excluding hydrogens is 314 g/mol. The van der Waals surface area contributed by atoms with Crippen molar-refractivity contribution in [2.45, 2.75) is 39.5 Å². The van der Waals surface area contributed by atoms with Crippen LogP contribution in [0.3, 0.4) is 0 Å². The van der Waals surface area contributed by atoms with Crippen molar-refractivity contribution in [3.63, 3.8) is 0 Å². The van der Waals surface area contributed by atoms with Crippen LogP contribution in [0.5, 0.6) is 0 Å². The third-order valence-corrected chi connectivity index (χ3v) is 4.71. The molecule has 0 radical (unpaired) electrons. The van der Waals surface area contributed by atoms with Crippen LogP contribution < -0.4 is 5.32 Å². The lowest BCUT2D eigenvalue weighted by Gasteiger charge is -2.25. The van der Waals surface area contributed by atoms with Gasteiger partial charge in [0.15, 0.2) is 0 Å². The molecule has 1 aliphatic rings. The van der Waals surface area contributed by atoms with Crippen molar-refractivity contribution in [3.05, 3.63) is 35.4 Å². The summed E-state index contributed by atoms with van der Waals surface area (Å²) in [7, 11) is 0. The normalized spacial score (nSPS) is 15.2. The molecule has 0 atom stereocenters. The smallest absolute Gasteiger partial charge is 0.223 e. The minimum absolute atomic E-state index is 0.124. The molecular formula is C17H24BrNO. The van der Waals surface area contributed by atoms with Crippen LogP contribution in [0, 0.1) is 11.3 Å². The summed E-state index contributed by atoms with van der Waals surface area (Å²) in [4.78, 5) is 12.3. The predicted molar refractivity (Wildman–Crippen MR) is 87.2 cm³/mol. The first kappa shape index (κ1) is 15.6. The largest absolute Gasteiger partial charge is 0.355 e. The van der Waals surface area contributed by atoms with E-state index in [0.717, 1.165) is 37.6 Å². The van der Waals surface area contributed by atoms with Gasteiger partial charge in [-0.25, -0.2) is 0 Å². The molecule has 0 heterocycles. The molecule has 1 aliphatic carbocycles. The summed E-state index contributed by atoms with van der Waals surface area (Å²) < 4.78 is 0. The topological polar surface area (TPSA) is 29.1 Å². The van der Waals surface area contributed by atoms with Gasteiger partial charge in [0.2, 0.25) is 5.91 Å². The van der Waals surface area contributed by atoms with Gasteiger partial charge in [-0.15, -0.1) is 0 Å². The fourth-order valence-electron chi connectivity index (χ4n) is 2.85. The highest BCUT2D eigenvalue weighted by Gasteiger charge is 2.28. The first-order valence-electron chi connectivity index (χ1n) is 7.42. The summed E-state index contributed by atoms with van der Waals surface area (Å²) in [6.45, 7) is 5.21. The number of hydrogen-bond donors (Lipinski definition) is 1. The van der Waals surface area contributed by atoms with Gasteiger partial charge in [0.05, 0.1) is 0 Å². The van der Waals surface area contributed by atoms with E-state index in [4.69, 9.17) is 0 Å². The van der Waals surface area contributed by atoms with Gasteiger partial charge in [-0.05, 0) is 42.2 Å². The summed E-state index contributed by atoms with van der Waals surface area (Å²) >= 11 is 3.47. The maximum absolute atomic E-state index is 12.3. The summed E-state index contributed by atoms with van der Waals surface area (Å²) in [5.74, 6) is 0.340. The Hall–Kier alpha value is -0.830. The van der Waals surface area contributed by atoms with Crippen LogP contribution in [0.25, 0.3) is 0 Å². The number of hydrogen-bond acceptors (Lipinski definition) is 1. The second-order valence-electron chi connectivity index (χ2n) is 6.55. The second kappa shape index (κ2) is 6.75. The lowest BCUT2D eigenvalue weighted by Crippen LogP contribution is -2.38. The predicted octanol–water partition coefficient (Wildman–Crippen LogP) is 3.72. The Morgan fingerprint density at radius 1 is 1.30 bits per heavy atom. The number of fused-ring (bicyclic) bond motifs is 1. The number of alkyl halides is 1. The van der Waals surface area contributed by atoms with Crippen LogP contribution in [0.15, 0.2) is 24.3 Å². The summed E-state index contributed by atoms with van der Waals surface area (Å²) in [5, 5.41) is 4.18. The maximum Gasteiger partial charge on any atom is 0.223 e. The Balaban J connectivity index is 1.82. The summed E-state index contributed by atoms with van der Waals surface area (Å²) in [6, 6.07) is 8.40. The fourth-order valence-corrected chi connectivity index (χ4v) is 3.13. The molecule has 20 heavy (non-hydrogen) atoms. The van der Waals surface area contributed by atoms with Crippen LogP contribution in [0.1, 0.15) is 37.8 Å². The number of halogens is 1. The van der Waals surface area contributed by atoms with Gasteiger partial charge < -0.3 is 5.32 Å². The number of carbonyl (C=O) groups excluding carboxylic acids is 1. The first-order chi connectivity index (χ1) is 9.52. The monoisotopic (exact) mass is 337 g/mol. The van der Waals surface area contributed by atoms with Crippen molar-refractivity contribution in [1.82, 2.24) is 5.32 Å². The van der Waals surface area contributed by atoms with E-state index in [1.807, 2.05) is 0 Å². The van der Waals surface area contributed by atoms with Crippen molar-refractivity contribution in [2.75, 3.05) is 11.9 Å². The molecule has 110 valence electrons. The van der Waals surface area contributed by atoms with E-state index >= 15 is 0 Å². The van der Waals surface area contributed by atoms with E-state index in [1.165, 1.54) is 11.1 Å². The Labute approximate surface area is 130 Å². The highest BCUT2D eigenvalue weighted by molar-refractivity contribution is 9.09. The van der Waals surface area contributed by atoms with E-state index < -0.39 is 0 Å². The second-order valence-corrected chi connectivity index (χ2v) is 7.34. The molecule has 2 rings (SSSR count). The molecule has 0 unspecified atom stereocenters. The highest BCUT2D eigenvalue weighted by atomic mass is 79.9. The van der Waals surface area contributed by atoms with Crippen LogP contribution in [-0.2, 0) is 17.6 Å². The molecule has 0 aromatic heterocycles. The molecule has 0 spiro atoms. The van der Waals surface area contributed by atoms with E-state index in [0.29, 0.717) is 0 Å². The van der Waals surface area contributed by atoms with E-state index in [-0.39, 0.29) is 17.2 Å². The van der Waals surface area contributed by atoms with E-state index in [2.05, 4.69) is 59.4 Å². The Morgan fingerprint density at radius 2 is 1.90 bits per heavy atom. The van der Waals surface area contributed by atoms with Gasteiger partial charge in [-0.3, -0.25) is 4.79 Å². The van der Waals surface area contributed by atoms with Crippen LogP contribution in [0.4, 0.5) is 0 Å². The zero-order valence-electron chi connectivity index (χ0n) is 12.4. The average Bonchev–Trinajstić information content (AvgIpc) is 2.86. The quantitative estimate of drug-likeness (QED) is 0.787. The van der Waals surface area contributed by atoms with Gasteiger partial charge in [0.25, 0.3) is 0 Å². The number of nitrogens with one attached hydrogen (secondary N) is 1. The van der Waals surface area contributed by atoms with Crippen molar-refractivity contribution in [1.29, 1.82) is 0 Å². The minimum atomic E-state index is 0.124. The maximum atomic E-state index is 12.3. The molecule has 1 N–H and O–H groups in total. The highest BCUT2D eigenvalue weighted by Crippen LogP contribution is 2.27. The SMILES string of the molecule is CC(C)(CCCBr)CNC(=O)C1Cc2ccccc2C1. The zero-order valence-corrected chi connectivity index (χ0v) is 14.0. The van der Waals surface area contributed by atoms with Crippen molar-refractivity contribution < 1.29 is 4.79 Å². The molecule has 1 amide bonds. The Morgan fingerprint density at radius 3 is 2.45 bits per heavy atom. The van der Waals surface area contributed by atoms with Gasteiger partial charge in [-0.2, -0.15) is 0 Å². The van der Waals surface area contributed by atoms with Crippen LogP contribution in [-0.4, -0.2) is 17.8 Å². The van der Waals surface area contributed by atoms with Gasteiger partial charge in [0, 0.05) is 17.8 Å². The molecule has 0 bridgehead atoms. The minimum Gasteiger partial charge on any atom is -0.355 e. The van der Waals surface area contributed by atoms with Crippen LogP contribution >= 0.6 is 15.9 Å². The van der Waals surface area contributed by atoms with Gasteiger partial charge in [-0.1, -0.05) is 54.0 Å². The molecule has 0 saturated heterocycles. The Kier molecular flexibility index (Phi) is 5.25. The van der Waals surface area contributed by atoms with Crippen molar-refractivity contribution in [2.24, 2.45) is 11.3 Å².